The lowest BCUT2D eigenvalue weighted by atomic mass is 9.98. The van der Waals surface area contributed by atoms with Crippen LogP contribution in [0.25, 0.3) is 11.1 Å². The normalized spacial score (nSPS) is 11.2. The van der Waals surface area contributed by atoms with Crippen LogP contribution in [0.3, 0.4) is 0 Å². The van der Waals surface area contributed by atoms with E-state index in [1.807, 2.05) is 37.3 Å². The molecule has 0 radical (unpaired) electrons. The number of rotatable bonds is 8. The summed E-state index contributed by atoms with van der Waals surface area (Å²) in [5.41, 5.74) is 3.92. The molecule has 0 unspecified atom stereocenters. The Balaban J connectivity index is 1.97. The van der Waals surface area contributed by atoms with Crippen molar-refractivity contribution < 1.29 is 14.7 Å². The Kier molecular flexibility index (Phi) is 7.13. The summed E-state index contributed by atoms with van der Waals surface area (Å²) in [5.74, 6) is -0.683. The Hall–Kier alpha value is -3.41. The van der Waals surface area contributed by atoms with E-state index in [0.717, 1.165) is 35.4 Å². The molecule has 0 bridgehead atoms. The molecule has 0 saturated carbocycles. The summed E-state index contributed by atoms with van der Waals surface area (Å²) in [6.07, 6.45) is 1.92. The lowest BCUT2D eigenvalue weighted by molar-refractivity contribution is 0.0697. The number of carboxylic acid groups (broad SMARTS) is 1. The molecule has 3 aromatic rings. The number of carboxylic acids is 1. The van der Waals surface area contributed by atoms with E-state index in [4.69, 9.17) is 0 Å². The van der Waals surface area contributed by atoms with Gasteiger partial charge in [-0.3, -0.25) is 9.36 Å². The number of nitrogens with zero attached hydrogens (tertiary/aromatic N) is 2. The van der Waals surface area contributed by atoms with E-state index >= 15 is 0 Å². The number of hydrogen-bond acceptors (Lipinski definition) is 3. The van der Waals surface area contributed by atoms with Crippen molar-refractivity contribution in [3.63, 3.8) is 0 Å². The van der Waals surface area contributed by atoms with Crippen molar-refractivity contribution in [3.8, 4) is 11.1 Å². The van der Waals surface area contributed by atoms with Gasteiger partial charge < -0.3 is 5.11 Å². The van der Waals surface area contributed by atoms with Gasteiger partial charge in [-0.15, -0.1) is 0 Å². The zero-order chi connectivity index (χ0) is 23.4. The quantitative estimate of drug-likeness (QED) is 0.540. The van der Waals surface area contributed by atoms with Crippen molar-refractivity contribution in [3.05, 3.63) is 81.5 Å². The van der Waals surface area contributed by atoms with E-state index < -0.39 is 5.97 Å². The third-order valence-corrected chi connectivity index (χ3v) is 5.77. The first-order chi connectivity index (χ1) is 15.2. The van der Waals surface area contributed by atoms with Crippen molar-refractivity contribution in [1.82, 2.24) is 9.13 Å². The van der Waals surface area contributed by atoms with Crippen LogP contribution >= 0.6 is 0 Å². The summed E-state index contributed by atoms with van der Waals surface area (Å²) >= 11 is 0. The Labute approximate surface area is 188 Å². The van der Waals surface area contributed by atoms with E-state index in [-0.39, 0.29) is 23.6 Å². The fraction of sp³-hybridized carbons (Fsp3) is 0.346. The topological polar surface area (TPSA) is 81.3 Å². The predicted octanol–water partition coefficient (Wildman–Crippen LogP) is 5.01. The van der Waals surface area contributed by atoms with Gasteiger partial charge in [0.25, 0.3) is 0 Å². The van der Waals surface area contributed by atoms with Crippen molar-refractivity contribution in [2.75, 3.05) is 0 Å². The molecule has 0 aliphatic heterocycles. The van der Waals surface area contributed by atoms with Crippen LogP contribution in [-0.2, 0) is 13.0 Å². The minimum absolute atomic E-state index is 0.197. The van der Waals surface area contributed by atoms with Crippen molar-refractivity contribution in [2.24, 2.45) is 5.92 Å². The molecular formula is C26H30N2O4. The molecule has 0 aliphatic rings. The van der Waals surface area contributed by atoms with Gasteiger partial charge >= 0.3 is 11.7 Å². The standard InChI is InChI=1S/C26H30N2O4/c1-5-24(29)28-18(4)23(15-10-17(2)3)27(26(28)32)16-19-11-13-20(14-12-19)21-8-6-7-9-22(21)25(30)31/h6-9,11-14,17H,5,10,15-16H2,1-4H3,(H,30,31). The van der Waals surface area contributed by atoms with E-state index in [1.54, 1.807) is 29.7 Å². The second-order valence-corrected chi connectivity index (χ2v) is 8.46. The lowest BCUT2D eigenvalue weighted by Crippen LogP contribution is -2.29. The summed E-state index contributed by atoms with van der Waals surface area (Å²) in [4.78, 5) is 37.0. The fourth-order valence-electron chi connectivity index (χ4n) is 3.95. The van der Waals surface area contributed by atoms with Gasteiger partial charge in [0, 0.05) is 17.8 Å². The predicted molar refractivity (Wildman–Crippen MR) is 125 cm³/mol. The smallest absolute Gasteiger partial charge is 0.336 e. The number of benzene rings is 2. The first-order valence-corrected chi connectivity index (χ1v) is 11.0. The van der Waals surface area contributed by atoms with E-state index in [2.05, 4.69) is 13.8 Å². The molecule has 2 aromatic carbocycles. The molecule has 0 spiro atoms. The Morgan fingerprint density at radius 1 is 1.03 bits per heavy atom. The van der Waals surface area contributed by atoms with Crippen LogP contribution in [0, 0.1) is 12.8 Å². The molecule has 0 aliphatic carbocycles. The summed E-state index contributed by atoms with van der Waals surface area (Å²) in [6, 6.07) is 14.4. The van der Waals surface area contributed by atoms with Gasteiger partial charge in [0.15, 0.2) is 0 Å². The third-order valence-electron chi connectivity index (χ3n) is 5.77. The molecule has 3 rings (SSSR count). The molecule has 1 aromatic heterocycles. The van der Waals surface area contributed by atoms with Crippen LogP contribution in [0.5, 0.6) is 0 Å². The Morgan fingerprint density at radius 3 is 2.28 bits per heavy atom. The molecule has 0 amide bonds. The lowest BCUT2D eigenvalue weighted by Gasteiger charge is -2.11. The monoisotopic (exact) mass is 434 g/mol. The second kappa shape index (κ2) is 9.81. The van der Waals surface area contributed by atoms with Gasteiger partial charge in [-0.1, -0.05) is 63.2 Å². The fourth-order valence-corrected chi connectivity index (χ4v) is 3.95. The first kappa shape index (κ1) is 23.3. The van der Waals surface area contributed by atoms with Crippen LogP contribution < -0.4 is 5.69 Å². The van der Waals surface area contributed by atoms with E-state index in [1.165, 1.54) is 4.57 Å². The zero-order valence-electron chi connectivity index (χ0n) is 19.1. The van der Waals surface area contributed by atoms with Gasteiger partial charge in [0.05, 0.1) is 12.1 Å². The molecule has 0 atom stereocenters. The molecule has 0 saturated heterocycles. The molecule has 168 valence electrons. The molecule has 1 heterocycles. The van der Waals surface area contributed by atoms with Crippen LogP contribution in [0.1, 0.15) is 65.7 Å². The van der Waals surface area contributed by atoms with Crippen LogP contribution in [0.2, 0.25) is 0 Å². The highest BCUT2D eigenvalue weighted by atomic mass is 16.4. The van der Waals surface area contributed by atoms with Crippen LogP contribution in [0.4, 0.5) is 0 Å². The highest BCUT2D eigenvalue weighted by Gasteiger charge is 2.20. The van der Waals surface area contributed by atoms with Crippen LogP contribution in [-0.4, -0.2) is 26.1 Å². The number of hydrogen-bond donors (Lipinski definition) is 1. The number of carbonyl (C=O) groups is 2. The minimum Gasteiger partial charge on any atom is -0.478 e. The molecular weight excluding hydrogens is 404 g/mol. The first-order valence-electron chi connectivity index (χ1n) is 11.0. The van der Waals surface area contributed by atoms with E-state index in [9.17, 15) is 19.5 Å². The SMILES string of the molecule is CCC(=O)n1c(C)c(CCC(C)C)n(Cc2ccc(-c3ccccc3C(=O)O)cc2)c1=O. The number of imidazole rings is 1. The van der Waals surface area contributed by atoms with Gasteiger partial charge in [-0.25, -0.2) is 14.2 Å². The molecule has 6 heteroatoms. The summed E-state index contributed by atoms with van der Waals surface area (Å²) in [5, 5.41) is 9.45. The maximum Gasteiger partial charge on any atom is 0.336 e. The average Bonchev–Trinajstić information content (AvgIpc) is 3.01. The van der Waals surface area contributed by atoms with Crippen molar-refractivity contribution in [1.29, 1.82) is 0 Å². The molecule has 6 nitrogen and oxygen atoms in total. The number of aromatic nitrogens is 2. The molecule has 1 N–H and O–H groups in total. The van der Waals surface area contributed by atoms with Gasteiger partial charge in [-0.05, 0) is 48.4 Å². The van der Waals surface area contributed by atoms with E-state index in [0.29, 0.717) is 18.0 Å². The summed E-state index contributed by atoms with van der Waals surface area (Å²) in [6.45, 7) is 8.23. The molecule has 0 fully saturated rings. The summed E-state index contributed by atoms with van der Waals surface area (Å²) in [7, 11) is 0. The van der Waals surface area contributed by atoms with Gasteiger partial charge in [0.1, 0.15) is 0 Å². The minimum atomic E-state index is -0.969. The Morgan fingerprint density at radius 2 is 1.69 bits per heavy atom. The maximum atomic E-state index is 13.1. The van der Waals surface area contributed by atoms with Gasteiger partial charge in [-0.2, -0.15) is 0 Å². The largest absolute Gasteiger partial charge is 0.478 e. The second-order valence-electron chi connectivity index (χ2n) is 8.46. The van der Waals surface area contributed by atoms with Gasteiger partial charge in [0.2, 0.25) is 5.91 Å². The van der Waals surface area contributed by atoms with Crippen LogP contribution in [0.15, 0.2) is 53.3 Å². The Bertz CT molecular complexity index is 1180. The van der Waals surface area contributed by atoms with Crippen molar-refractivity contribution >= 4 is 11.9 Å². The third kappa shape index (κ3) is 4.74. The number of aromatic carboxylic acids is 1. The maximum absolute atomic E-state index is 13.1. The average molecular weight is 435 g/mol. The highest BCUT2D eigenvalue weighted by molar-refractivity contribution is 5.96. The number of carbonyl (C=O) groups excluding carboxylic acids is 1. The molecule has 32 heavy (non-hydrogen) atoms. The van der Waals surface area contributed by atoms with Crippen molar-refractivity contribution in [2.45, 2.75) is 53.5 Å². The zero-order valence-corrected chi connectivity index (χ0v) is 19.1. The highest BCUT2D eigenvalue weighted by Crippen LogP contribution is 2.24. The summed E-state index contributed by atoms with van der Waals surface area (Å²) < 4.78 is 3.00.